The van der Waals surface area contributed by atoms with E-state index in [1.807, 2.05) is 20.8 Å². The molecule has 0 fully saturated rings. The van der Waals surface area contributed by atoms with Gasteiger partial charge >= 0.3 is 11.2 Å². The molecule has 0 bridgehead atoms. The molecule has 0 amide bonds. The molecule has 0 radical (unpaired) electrons. The third-order valence-electron chi connectivity index (χ3n) is 3.21. The highest BCUT2D eigenvalue weighted by molar-refractivity contribution is 7.80. The van der Waals surface area contributed by atoms with E-state index in [9.17, 15) is 17.8 Å². The van der Waals surface area contributed by atoms with Crippen molar-refractivity contribution >= 4 is 17.0 Å². The van der Waals surface area contributed by atoms with Gasteiger partial charge in [0.15, 0.2) is 0 Å². The first-order chi connectivity index (χ1) is 10.1. The summed E-state index contributed by atoms with van der Waals surface area (Å²) >= 11 is -3.07. The number of halogens is 2. The zero-order valence-electron chi connectivity index (χ0n) is 13.7. The van der Waals surface area contributed by atoms with Crippen LogP contribution in [0.3, 0.4) is 0 Å². The molecule has 1 N–H and O–H groups in total. The van der Waals surface area contributed by atoms with Gasteiger partial charge in [-0.25, -0.2) is 4.21 Å². The summed E-state index contributed by atoms with van der Waals surface area (Å²) in [6, 6.07) is 0. The molecule has 1 unspecified atom stereocenters. The van der Waals surface area contributed by atoms with Crippen molar-refractivity contribution in [2.24, 2.45) is 5.41 Å². The van der Waals surface area contributed by atoms with E-state index in [-0.39, 0.29) is 12.4 Å². The normalized spacial score (nSPS) is 13.9. The van der Waals surface area contributed by atoms with E-state index in [0.717, 1.165) is 32.1 Å². The summed E-state index contributed by atoms with van der Waals surface area (Å²) in [5, 5.41) is -3.49. The quantitative estimate of drug-likeness (QED) is 0.341. The minimum atomic E-state index is -3.49. The van der Waals surface area contributed by atoms with Gasteiger partial charge in [0.2, 0.25) is 11.1 Å². The van der Waals surface area contributed by atoms with Crippen molar-refractivity contribution in [1.29, 1.82) is 0 Å². The Morgan fingerprint density at radius 1 is 1.00 bits per heavy atom. The largest absolute Gasteiger partial charge is 0.465 e. The average molecular weight is 342 g/mol. The molecule has 7 heteroatoms. The fraction of sp³-hybridized carbons (Fsp3) is 0.933. The van der Waals surface area contributed by atoms with Crippen LogP contribution in [0.15, 0.2) is 0 Å². The summed E-state index contributed by atoms with van der Waals surface area (Å²) in [5.74, 6) is -0.199. The summed E-state index contributed by atoms with van der Waals surface area (Å²) in [6.07, 6.45) is 4.82. The van der Waals surface area contributed by atoms with Crippen molar-refractivity contribution in [1.82, 2.24) is 0 Å². The minimum absolute atomic E-state index is 0.199. The first-order valence-corrected chi connectivity index (χ1v) is 8.84. The van der Waals surface area contributed by atoms with E-state index in [4.69, 9.17) is 9.29 Å². The first kappa shape index (κ1) is 21.4. The van der Waals surface area contributed by atoms with Gasteiger partial charge in [-0.05, 0) is 33.6 Å². The monoisotopic (exact) mass is 342 g/mol. The molecule has 132 valence electrons. The molecule has 0 saturated heterocycles. The van der Waals surface area contributed by atoms with Crippen LogP contribution in [0.25, 0.3) is 0 Å². The van der Waals surface area contributed by atoms with Crippen LogP contribution in [0.4, 0.5) is 8.78 Å². The van der Waals surface area contributed by atoms with E-state index in [1.54, 1.807) is 0 Å². The number of ether oxygens (including phenoxy) is 1. The second-order valence-corrected chi connectivity index (χ2v) is 7.59. The third kappa shape index (κ3) is 10.2. The molecule has 0 aromatic carbocycles. The molecule has 1 atom stereocenters. The summed E-state index contributed by atoms with van der Waals surface area (Å²) < 4.78 is 49.5. The Morgan fingerprint density at radius 2 is 1.45 bits per heavy atom. The van der Waals surface area contributed by atoms with Gasteiger partial charge in [-0.15, -0.1) is 0 Å². The topological polar surface area (TPSA) is 63.6 Å². The molecule has 22 heavy (non-hydrogen) atoms. The van der Waals surface area contributed by atoms with Gasteiger partial charge < -0.3 is 9.29 Å². The fourth-order valence-electron chi connectivity index (χ4n) is 1.79. The lowest BCUT2D eigenvalue weighted by molar-refractivity contribution is -0.153. The molecule has 4 nitrogen and oxygen atoms in total. The zero-order valence-corrected chi connectivity index (χ0v) is 14.5. The van der Waals surface area contributed by atoms with Crippen LogP contribution in [0.1, 0.15) is 72.1 Å². The Hall–Kier alpha value is -0.560. The van der Waals surface area contributed by atoms with E-state index >= 15 is 0 Å². The van der Waals surface area contributed by atoms with Gasteiger partial charge in [0.1, 0.15) is 0 Å². The van der Waals surface area contributed by atoms with Crippen LogP contribution in [0.5, 0.6) is 0 Å². The number of esters is 1. The van der Waals surface area contributed by atoms with Crippen molar-refractivity contribution in [3.05, 3.63) is 0 Å². The van der Waals surface area contributed by atoms with Crippen molar-refractivity contribution in [3.63, 3.8) is 0 Å². The van der Waals surface area contributed by atoms with Crippen LogP contribution >= 0.6 is 0 Å². The molecular formula is C15H28F2O4S. The maximum absolute atomic E-state index is 12.8. The van der Waals surface area contributed by atoms with E-state index in [2.05, 4.69) is 0 Å². The lowest BCUT2D eigenvalue weighted by Gasteiger charge is -2.16. The smallest absolute Gasteiger partial charge is 0.345 e. The minimum Gasteiger partial charge on any atom is -0.465 e. The number of unbranched alkanes of at least 4 members (excludes halogenated alkanes) is 6. The summed E-state index contributed by atoms with van der Waals surface area (Å²) in [5.41, 5.74) is -0.472. The predicted molar refractivity (Wildman–Crippen MR) is 83.1 cm³/mol. The van der Waals surface area contributed by atoms with Crippen molar-refractivity contribution in [3.8, 4) is 0 Å². The molecule has 0 aliphatic carbocycles. The molecular weight excluding hydrogens is 314 g/mol. The molecule has 0 aliphatic heterocycles. The summed E-state index contributed by atoms with van der Waals surface area (Å²) in [6.45, 7) is 5.85. The van der Waals surface area contributed by atoms with Crippen LogP contribution < -0.4 is 0 Å². The van der Waals surface area contributed by atoms with Gasteiger partial charge in [0.25, 0.3) is 0 Å². The number of carbonyl (C=O) groups is 1. The lowest BCUT2D eigenvalue weighted by atomic mass is 9.97. The second-order valence-electron chi connectivity index (χ2n) is 6.50. The highest BCUT2D eigenvalue weighted by Crippen LogP contribution is 2.25. The van der Waals surface area contributed by atoms with Crippen molar-refractivity contribution in [2.75, 3.05) is 6.61 Å². The number of rotatable bonds is 11. The zero-order chi connectivity index (χ0) is 17.2. The molecule has 0 rings (SSSR count). The molecule has 0 aromatic heterocycles. The SMILES string of the molecule is CC(C)(C)C(=O)OCCCCCCCCCC(F)(F)S(=O)O. The summed E-state index contributed by atoms with van der Waals surface area (Å²) in [7, 11) is 0. The van der Waals surface area contributed by atoms with Crippen molar-refractivity contribution < 1.29 is 27.1 Å². The Morgan fingerprint density at radius 3 is 1.91 bits per heavy atom. The van der Waals surface area contributed by atoms with Gasteiger partial charge in [0.05, 0.1) is 12.0 Å². The van der Waals surface area contributed by atoms with Gasteiger partial charge in [-0.2, -0.15) is 8.78 Å². The molecule has 0 saturated carbocycles. The molecule has 0 spiro atoms. The summed E-state index contributed by atoms with van der Waals surface area (Å²) in [4.78, 5) is 11.5. The Balaban J connectivity index is 3.42. The van der Waals surface area contributed by atoms with Crippen LogP contribution in [-0.4, -0.2) is 26.6 Å². The molecule has 0 aromatic rings. The van der Waals surface area contributed by atoms with Gasteiger partial charge in [-0.3, -0.25) is 4.79 Å². The van der Waals surface area contributed by atoms with E-state index < -0.39 is 28.2 Å². The van der Waals surface area contributed by atoms with Crippen molar-refractivity contribution in [2.45, 2.75) is 77.4 Å². The van der Waals surface area contributed by atoms with Crippen LogP contribution in [0, 0.1) is 5.41 Å². The second kappa shape index (κ2) is 10.3. The maximum Gasteiger partial charge on any atom is 0.345 e. The Bertz CT molecular complexity index is 354. The number of alkyl halides is 2. The third-order valence-corrected chi connectivity index (χ3v) is 3.93. The highest BCUT2D eigenvalue weighted by atomic mass is 32.2. The predicted octanol–water partition coefficient (Wildman–Crippen LogP) is 4.51. The average Bonchev–Trinajstić information content (AvgIpc) is 2.39. The van der Waals surface area contributed by atoms with Gasteiger partial charge in [0, 0.05) is 6.42 Å². The fourth-order valence-corrected chi connectivity index (χ4v) is 2.10. The first-order valence-electron chi connectivity index (χ1n) is 7.73. The maximum atomic E-state index is 12.8. The molecule has 0 heterocycles. The number of hydrogen-bond donors (Lipinski definition) is 1. The lowest BCUT2D eigenvalue weighted by Crippen LogP contribution is -2.23. The number of carbonyl (C=O) groups excluding carboxylic acids is 1. The number of hydrogen-bond acceptors (Lipinski definition) is 3. The Kier molecular flexibility index (Phi) is 10.00. The van der Waals surface area contributed by atoms with E-state index in [0.29, 0.717) is 13.0 Å². The van der Waals surface area contributed by atoms with E-state index in [1.165, 1.54) is 0 Å². The van der Waals surface area contributed by atoms with Crippen LogP contribution in [0.2, 0.25) is 0 Å². The highest BCUT2D eigenvalue weighted by Gasteiger charge is 2.35. The standard InChI is InChI=1S/C15H28F2O4S/c1-14(2,3)13(18)21-12-10-8-6-4-5-7-9-11-15(16,17)22(19)20/h4-12H2,1-3H3,(H,19,20). The Labute approximate surface area is 134 Å². The molecule has 0 aliphatic rings. The van der Waals surface area contributed by atoms with Crippen LogP contribution in [-0.2, 0) is 20.6 Å². The van der Waals surface area contributed by atoms with Gasteiger partial charge in [-0.1, -0.05) is 32.1 Å².